The number of piperidine rings is 1. The Bertz CT molecular complexity index is 621. The minimum absolute atomic E-state index is 0.104. The molecule has 136 valence electrons. The van der Waals surface area contributed by atoms with Crippen LogP contribution in [-0.2, 0) is 17.6 Å². The Labute approximate surface area is 149 Å². The van der Waals surface area contributed by atoms with Crippen molar-refractivity contribution in [1.82, 2.24) is 10.2 Å². The molecule has 2 N–H and O–H groups in total. The Balaban J connectivity index is 1.21. The number of carbonyl (C=O) groups is 1. The summed E-state index contributed by atoms with van der Waals surface area (Å²) in [6, 6.07) is 6.86. The highest BCUT2D eigenvalue weighted by molar-refractivity contribution is 5.81. The number of benzene rings is 1. The second-order valence-electron chi connectivity index (χ2n) is 7.70. The van der Waals surface area contributed by atoms with Gasteiger partial charge in [0.15, 0.2) is 0 Å². The maximum atomic E-state index is 12.0. The van der Waals surface area contributed by atoms with E-state index in [1.807, 2.05) is 0 Å². The second-order valence-corrected chi connectivity index (χ2v) is 7.70. The molecule has 2 heterocycles. The normalized spacial score (nSPS) is 22.3. The van der Waals surface area contributed by atoms with Crippen molar-refractivity contribution in [2.75, 3.05) is 26.2 Å². The topological polar surface area (TPSA) is 61.8 Å². The van der Waals surface area contributed by atoms with Crippen LogP contribution in [0.3, 0.4) is 0 Å². The molecule has 1 atom stereocenters. The lowest BCUT2D eigenvalue weighted by atomic mass is 9.90. The lowest BCUT2D eigenvalue weighted by Gasteiger charge is -2.33. The summed E-state index contributed by atoms with van der Waals surface area (Å²) in [7, 11) is 0. The molecule has 1 amide bonds. The van der Waals surface area contributed by atoms with Crippen LogP contribution >= 0.6 is 0 Å². The van der Waals surface area contributed by atoms with Crippen LogP contribution in [0, 0.1) is 5.92 Å². The maximum Gasteiger partial charge on any atom is 0.249 e. The maximum absolute atomic E-state index is 12.0. The molecule has 0 radical (unpaired) electrons. The fourth-order valence-corrected chi connectivity index (χ4v) is 3.90. The van der Waals surface area contributed by atoms with Crippen molar-refractivity contribution < 1.29 is 14.6 Å². The number of hydrogen-bond acceptors (Lipinski definition) is 4. The smallest absolute Gasteiger partial charge is 0.249 e. The van der Waals surface area contributed by atoms with Gasteiger partial charge >= 0.3 is 0 Å². The fourth-order valence-electron chi connectivity index (χ4n) is 3.90. The second kappa shape index (κ2) is 7.34. The Morgan fingerprint density at radius 2 is 2.08 bits per heavy atom. The first kappa shape index (κ1) is 16.9. The number of likely N-dealkylation sites (tertiary alicyclic amines) is 1. The van der Waals surface area contributed by atoms with Gasteiger partial charge in [-0.3, -0.25) is 4.79 Å². The van der Waals surface area contributed by atoms with Crippen molar-refractivity contribution in [1.29, 1.82) is 0 Å². The van der Waals surface area contributed by atoms with Crippen molar-refractivity contribution >= 4 is 5.91 Å². The van der Waals surface area contributed by atoms with Gasteiger partial charge in [-0.1, -0.05) is 12.1 Å². The molecule has 5 nitrogen and oxygen atoms in total. The molecule has 1 saturated carbocycles. The SMILES string of the molecule is O=C(NC1CC1)C(O)C1CCN(CCc2ccc3c(c2)CCO3)CC1. The van der Waals surface area contributed by atoms with E-state index in [-0.39, 0.29) is 11.8 Å². The van der Waals surface area contributed by atoms with Gasteiger partial charge in [0.05, 0.1) is 6.61 Å². The molecule has 5 heteroatoms. The zero-order valence-electron chi connectivity index (χ0n) is 14.7. The largest absolute Gasteiger partial charge is 0.493 e. The van der Waals surface area contributed by atoms with Gasteiger partial charge in [-0.2, -0.15) is 0 Å². The highest BCUT2D eigenvalue weighted by Gasteiger charge is 2.32. The number of nitrogens with zero attached hydrogens (tertiary/aromatic N) is 1. The lowest BCUT2D eigenvalue weighted by Crippen LogP contribution is -2.45. The van der Waals surface area contributed by atoms with Crippen molar-refractivity contribution in [2.24, 2.45) is 5.92 Å². The van der Waals surface area contributed by atoms with Gasteiger partial charge in [0, 0.05) is 19.0 Å². The van der Waals surface area contributed by atoms with Crippen LogP contribution in [0.2, 0.25) is 0 Å². The van der Waals surface area contributed by atoms with Crippen LogP contribution in [0.4, 0.5) is 0 Å². The molecule has 1 unspecified atom stereocenters. The molecule has 1 aromatic rings. The molecule has 25 heavy (non-hydrogen) atoms. The zero-order chi connectivity index (χ0) is 17.2. The molecule has 2 fully saturated rings. The van der Waals surface area contributed by atoms with E-state index in [0.29, 0.717) is 6.04 Å². The number of ether oxygens (including phenoxy) is 1. The number of nitrogens with one attached hydrogen (secondary N) is 1. The van der Waals surface area contributed by atoms with E-state index in [0.717, 1.165) is 70.5 Å². The minimum atomic E-state index is -0.834. The van der Waals surface area contributed by atoms with Gasteiger partial charge in [-0.05, 0) is 68.3 Å². The van der Waals surface area contributed by atoms with Crippen LogP contribution in [-0.4, -0.2) is 54.3 Å². The van der Waals surface area contributed by atoms with E-state index in [1.165, 1.54) is 11.1 Å². The Morgan fingerprint density at radius 3 is 2.84 bits per heavy atom. The molecule has 3 aliphatic rings. The Hall–Kier alpha value is -1.59. The van der Waals surface area contributed by atoms with Gasteiger partial charge in [0.2, 0.25) is 5.91 Å². The van der Waals surface area contributed by atoms with E-state index in [9.17, 15) is 9.90 Å². The molecule has 0 aromatic heterocycles. The molecular formula is C20H28N2O3. The average molecular weight is 344 g/mol. The predicted molar refractivity (Wildman–Crippen MR) is 95.7 cm³/mol. The first-order valence-corrected chi connectivity index (χ1v) is 9.64. The van der Waals surface area contributed by atoms with Crippen molar-refractivity contribution in [2.45, 2.75) is 50.7 Å². The van der Waals surface area contributed by atoms with Crippen LogP contribution in [0.1, 0.15) is 36.8 Å². The summed E-state index contributed by atoms with van der Waals surface area (Å²) in [5.74, 6) is 0.983. The number of hydrogen-bond donors (Lipinski definition) is 2. The number of amides is 1. The standard InChI is InChI=1S/C20H28N2O3/c23-19(20(24)21-17-2-3-17)15-6-10-22(11-7-15)9-5-14-1-4-18-16(13-14)8-12-25-18/h1,4,13,15,17,19,23H,2-3,5-12H2,(H,21,24). The van der Waals surface area contributed by atoms with E-state index < -0.39 is 6.10 Å². The van der Waals surface area contributed by atoms with Crippen molar-refractivity contribution in [3.63, 3.8) is 0 Å². The summed E-state index contributed by atoms with van der Waals surface area (Å²) < 4.78 is 5.56. The summed E-state index contributed by atoms with van der Waals surface area (Å²) in [5, 5.41) is 13.2. The molecule has 1 aliphatic carbocycles. The summed E-state index contributed by atoms with van der Waals surface area (Å²) in [6.07, 6.45) is 5.16. The van der Waals surface area contributed by atoms with Gasteiger partial charge in [0.25, 0.3) is 0 Å². The molecule has 2 aliphatic heterocycles. The van der Waals surface area contributed by atoms with Crippen molar-refractivity contribution in [3.05, 3.63) is 29.3 Å². The third-order valence-corrected chi connectivity index (χ3v) is 5.74. The highest BCUT2D eigenvalue weighted by atomic mass is 16.5. The quantitative estimate of drug-likeness (QED) is 0.821. The number of fused-ring (bicyclic) bond motifs is 1. The minimum Gasteiger partial charge on any atom is -0.493 e. The average Bonchev–Trinajstić information content (AvgIpc) is 3.33. The molecule has 4 rings (SSSR count). The fraction of sp³-hybridized carbons (Fsp3) is 0.650. The number of aliphatic hydroxyl groups excluding tert-OH is 1. The van der Waals surface area contributed by atoms with E-state index in [1.54, 1.807) is 0 Å². The van der Waals surface area contributed by atoms with Crippen LogP contribution in [0.25, 0.3) is 0 Å². The van der Waals surface area contributed by atoms with Gasteiger partial charge in [-0.25, -0.2) is 0 Å². The Kier molecular flexibility index (Phi) is 4.95. The third kappa shape index (κ3) is 4.15. The monoisotopic (exact) mass is 344 g/mol. The first-order valence-electron chi connectivity index (χ1n) is 9.64. The summed E-state index contributed by atoms with van der Waals surface area (Å²) >= 11 is 0. The van der Waals surface area contributed by atoms with Gasteiger partial charge in [-0.15, -0.1) is 0 Å². The molecule has 1 aromatic carbocycles. The van der Waals surface area contributed by atoms with E-state index in [4.69, 9.17) is 4.74 Å². The summed E-state index contributed by atoms with van der Waals surface area (Å²) in [5.41, 5.74) is 2.70. The first-order chi connectivity index (χ1) is 12.2. The predicted octanol–water partition coefficient (Wildman–Crippen LogP) is 1.52. The summed E-state index contributed by atoms with van der Waals surface area (Å²) in [6.45, 7) is 3.78. The van der Waals surface area contributed by atoms with E-state index in [2.05, 4.69) is 28.4 Å². The number of rotatable bonds is 6. The lowest BCUT2D eigenvalue weighted by molar-refractivity contribution is -0.133. The van der Waals surface area contributed by atoms with Gasteiger partial charge < -0.3 is 20.1 Å². The number of aliphatic hydroxyl groups is 1. The number of carbonyl (C=O) groups excluding carboxylic acids is 1. The molecule has 0 spiro atoms. The highest BCUT2D eigenvalue weighted by Crippen LogP contribution is 2.27. The molecule has 0 bridgehead atoms. The van der Waals surface area contributed by atoms with Crippen molar-refractivity contribution in [3.8, 4) is 5.75 Å². The van der Waals surface area contributed by atoms with Crippen LogP contribution in [0.5, 0.6) is 5.75 Å². The van der Waals surface area contributed by atoms with Crippen LogP contribution in [0.15, 0.2) is 18.2 Å². The van der Waals surface area contributed by atoms with Crippen LogP contribution < -0.4 is 10.1 Å². The molecular weight excluding hydrogens is 316 g/mol. The van der Waals surface area contributed by atoms with Gasteiger partial charge in [0.1, 0.15) is 11.9 Å². The van der Waals surface area contributed by atoms with E-state index >= 15 is 0 Å². The summed E-state index contributed by atoms with van der Waals surface area (Å²) in [4.78, 5) is 14.4. The third-order valence-electron chi connectivity index (χ3n) is 5.74. The molecule has 1 saturated heterocycles. The Morgan fingerprint density at radius 1 is 1.28 bits per heavy atom. The zero-order valence-corrected chi connectivity index (χ0v) is 14.7.